The molecule has 2 aliphatic rings. The minimum atomic E-state index is -0.625. The number of benzene rings is 2. The van der Waals surface area contributed by atoms with Crippen molar-refractivity contribution in [2.24, 2.45) is 0 Å². The standard InChI is InChI=1S/C24H31FN2O3/c1-26(2)12-17-3-5-18(6-4-17)19-9-20(25)11-24(10-19)29-16-21(28)13-27-14-22-7-8-23(15-27)30-22/h3-6,9-11,21-23,28H,7-8,12-16H2,1-2H3/t21?,22-,23+. The molecule has 3 atom stereocenters. The number of β-amino-alcohol motifs (C(OH)–C–C–N with tert-alkyl or cyclic N) is 1. The van der Waals surface area contributed by atoms with Crippen LogP contribution in [0.3, 0.4) is 0 Å². The number of hydrogen-bond donors (Lipinski definition) is 1. The summed E-state index contributed by atoms with van der Waals surface area (Å²) in [5.74, 6) is 0.0857. The van der Waals surface area contributed by atoms with Gasteiger partial charge in [0.1, 0.15) is 24.3 Å². The SMILES string of the molecule is CN(C)Cc1ccc(-c2cc(F)cc(OCC(O)CN3C[C@H]4CC[C@@H](C3)O4)c2)cc1. The van der Waals surface area contributed by atoms with E-state index in [0.717, 1.165) is 43.6 Å². The number of aliphatic hydroxyl groups excluding tert-OH is 1. The van der Waals surface area contributed by atoms with Crippen LogP contribution in [0.25, 0.3) is 11.1 Å². The van der Waals surface area contributed by atoms with Crippen LogP contribution in [0.5, 0.6) is 5.75 Å². The summed E-state index contributed by atoms with van der Waals surface area (Å²) in [6, 6.07) is 12.8. The molecule has 2 saturated heterocycles. The number of ether oxygens (including phenoxy) is 2. The van der Waals surface area contributed by atoms with Crippen LogP contribution in [0.1, 0.15) is 18.4 Å². The molecule has 6 heteroatoms. The largest absolute Gasteiger partial charge is 0.491 e. The third-order valence-corrected chi connectivity index (χ3v) is 5.69. The molecule has 5 nitrogen and oxygen atoms in total. The number of aliphatic hydroxyl groups is 1. The molecule has 1 N–H and O–H groups in total. The molecule has 2 aromatic carbocycles. The summed E-state index contributed by atoms with van der Waals surface area (Å²) >= 11 is 0. The lowest BCUT2D eigenvalue weighted by molar-refractivity contribution is -0.0528. The van der Waals surface area contributed by atoms with E-state index in [4.69, 9.17) is 9.47 Å². The molecule has 2 fully saturated rings. The van der Waals surface area contributed by atoms with Gasteiger partial charge in [0.25, 0.3) is 0 Å². The Balaban J connectivity index is 1.35. The minimum absolute atomic E-state index is 0.136. The Bertz CT molecular complexity index is 831. The van der Waals surface area contributed by atoms with E-state index in [1.165, 1.54) is 17.7 Å². The Labute approximate surface area is 178 Å². The molecule has 1 unspecified atom stereocenters. The van der Waals surface area contributed by atoms with Crippen LogP contribution in [0, 0.1) is 5.82 Å². The molecule has 0 radical (unpaired) electrons. The molecule has 0 amide bonds. The molecule has 2 aromatic rings. The fourth-order valence-corrected chi connectivity index (χ4v) is 4.37. The highest BCUT2D eigenvalue weighted by molar-refractivity contribution is 5.65. The number of halogens is 1. The van der Waals surface area contributed by atoms with Crippen molar-refractivity contribution in [2.75, 3.05) is 40.3 Å². The highest BCUT2D eigenvalue weighted by Crippen LogP contribution is 2.28. The van der Waals surface area contributed by atoms with E-state index in [0.29, 0.717) is 24.5 Å². The van der Waals surface area contributed by atoms with Crippen molar-refractivity contribution in [3.63, 3.8) is 0 Å². The van der Waals surface area contributed by atoms with Gasteiger partial charge in [-0.05, 0) is 55.8 Å². The van der Waals surface area contributed by atoms with E-state index >= 15 is 0 Å². The summed E-state index contributed by atoms with van der Waals surface area (Å²) in [7, 11) is 4.06. The Hall–Kier alpha value is -1.99. The molecule has 162 valence electrons. The van der Waals surface area contributed by atoms with Crippen LogP contribution in [-0.2, 0) is 11.3 Å². The molecule has 2 aliphatic heterocycles. The first-order chi connectivity index (χ1) is 14.4. The summed E-state index contributed by atoms with van der Waals surface area (Å²) < 4.78 is 25.8. The Morgan fingerprint density at radius 3 is 2.47 bits per heavy atom. The number of morpholine rings is 1. The number of likely N-dealkylation sites (tertiary alicyclic amines) is 1. The molecule has 4 rings (SSSR count). The van der Waals surface area contributed by atoms with Crippen LogP contribution in [0.15, 0.2) is 42.5 Å². The molecule has 2 heterocycles. The van der Waals surface area contributed by atoms with Gasteiger partial charge >= 0.3 is 0 Å². The summed E-state index contributed by atoms with van der Waals surface area (Å²) in [6.07, 6.45) is 2.18. The zero-order chi connectivity index (χ0) is 21.1. The number of rotatable bonds is 8. The molecule has 2 bridgehead atoms. The molecule has 0 aromatic heterocycles. The summed E-state index contributed by atoms with van der Waals surface area (Å²) in [5.41, 5.74) is 2.91. The highest BCUT2D eigenvalue weighted by atomic mass is 19.1. The van der Waals surface area contributed by atoms with Gasteiger partial charge < -0.3 is 19.5 Å². The second kappa shape index (κ2) is 9.43. The molecular formula is C24H31FN2O3. The molecular weight excluding hydrogens is 383 g/mol. The van der Waals surface area contributed by atoms with Crippen molar-refractivity contribution >= 4 is 0 Å². The van der Waals surface area contributed by atoms with E-state index in [9.17, 15) is 9.50 Å². The van der Waals surface area contributed by atoms with Crippen molar-refractivity contribution in [3.05, 3.63) is 53.8 Å². The molecule has 0 spiro atoms. The van der Waals surface area contributed by atoms with E-state index in [1.54, 1.807) is 0 Å². The minimum Gasteiger partial charge on any atom is -0.491 e. The summed E-state index contributed by atoms with van der Waals surface area (Å²) in [5, 5.41) is 10.4. The Morgan fingerprint density at radius 2 is 1.80 bits per heavy atom. The predicted octanol–water partition coefficient (Wildman–Crippen LogP) is 3.16. The monoisotopic (exact) mass is 414 g/mol. The van der Waals surface area contributed by atoms with Gasteiger partial charge in [0.05, 0.1) is 12.2 Å². The van der Waals surface area contributed by atoms with Crippen LogP contribution < -0.4 is 4.74 Å². The lowest BCUT2D eigenvalue weighted by Crippen LogP contribution is -2.46. The third kappa shape index (κ3) is 5.58. The van der Waals surface area contributed by atoms with Gasteiger partial charge in [-0.25, -0.2) is 4.39 Å². The fourth-order valence-electron chi connectivity index (χ4n) is 4.37. The molecule has 0 aliphatic carbocycles. The van der Waals surface area contributed by atoms with E-state index in [1.807, 2.05) is 32.3 Å². The Morgan fingerprint density at radius 1 is 1.10 bits per heavy atom. The normalized spacial score (nSPS) is 22.4. The number of nitrogens with zero attached hydrogens (tertiary/aromatic N) is 2. The van der Waals surface area contributed by atoms with Crippen LogP contribution in [-0.4, -0.2) is 73.6 Å². The van der Waals surface area contributed by atoms with Gasteiger partial charge in [0, 0.05) is 32.2 Å². The van der Waals surface area contributed by atoms with Gasteiger partial charge in [0.2, 0.25) is 0 Å². The lowest BCUT2D eigenvalue weighted by atomic mass is 10.0. The van der Waals surface area contributed by atoms with E-state index < -0.39 is 6.10 Å². The zero-order valence-electron chi connectivity index (χ0n) is 17.8. The third-order valence-electron chi connectivity index (χ3n) is 5.69. The smallest absolute Gasteiger partial charge is 0.127 e. The quantitative estimate of drug-likeness (QED) is 0.719. The first-order valence-corrected chi connectivity index (χ1v) is 10.7. The molecule has 30 heavy (non-hydrogen) atoms. The van der Waals surface area contributed by atoms with Crippen molar-refractivity contribution in [2.45, 2.75) is 37.7 Å². The second-order valence-corrected chi connectivity index (χ2v) is 8.75. The van der Waals surface area contributed by atoms with Crippen LogP contribution in [0.2, 0.25) is 0 Å². The first-order valence-electron chi connectivity index (χ1n) is 10.7. The zero-order valence-corrected chi connectivity index (χ0v) is 17.8. The average Bonchev–Trinajstić information content (AvgIpc) is 3.04. The fraction of sp³-hybridized carbons (Fsp3) is 0.500. The van der Waals surface area contributed by atoms with Gasteiger partial charge in [-0.15, -0.1) is 0 Å². The number of hydrogen-bond acceptors (Lipinski definition) is 5. The maximum atomic E-state index is 14.2. The maximum Gasteiger partial charge on any atom is 0.127 e. The first kappa shape index (κ1) is 21.2. The number of fused-ring (bicyclic) bond motifs is 2. The van der Waals surface area contributed by atoms with Crippen LogP contribution in [0.4, 0.5) is 4.39 Å². The molecule has 0 saturated carbocycles. The predicted molar refractivity (Wildman–Crippen MR) is 115 cm³/mol. The maximum absolute atomic E-state index is 14.2. The average molecular weight is 415 g/mol. The van der Waals surface area contributed by atoms with Gasteiger partial charge in [-0.2, -0.15) is 0 Å². The Kier molecular flexibility index (Phi) is 6.68. The van der Waals surface area contributed by atoms with Gasteiger partial charge in [-0.3, -0.25) is 4.90 Å². The topological polar surface area (TPSA) is 45.2 Å². The van der Waals surface area contributed by atoms with Crippen molar-refractivity contribution in [1.29, 1.82) is 0 Å². The van der Waals surface area contributed by atoms with Gasteiger partial charge in [-0.1, -0.05) is 24.3 Å². The summed E-state index contributed by atoms with van der Waals surface area (Å²) in [4.78, 5) is 4.35. The van der Waals surface area contributed by atoms with Crippen LogP contribution >= 0.6 is 0 Å². The van der Waals surface area contributed by atoms with Crippen molar-refractivity contribution < 1.29 is 19.0 Å². The van der Waals surface area contributed by atoms with Gasteiger partial charge in [0.15, 0.2) is 0 Å². The van der Waals surface area contributed by atoms with E-state index in [2.05, 4.69) is 21.9 Å². The highest BCUT2D eigenvalue weighted by Gasteiger charge is 2.34. The summed E-state index contributed by atoms with van der Waals surface area (Å²) in [6.45, 7) is 3.27. The second-order valence-electron chi connectivity index (χ2n) is 8.75. The van der Waals surface area contributed by atoms with Crippen molar-refractivity contribution in [3.8, 4) is 16.9 Å². The van der Waals surface area contributed by atoms with Crippen molar-refractivity contribution in [1.82, 2.24) is 9.80 Å². The lowest BCUT2D eigenvalue weighted by Gasteiger charge is -2.33. The van der Waals surface area contributed by atoms with E-state index in [-0.39, 0.29) is 12.4 Å².